The summed E-state index contributed by atoms with van der Waals surface area (Å²) in [5.74, 6) is -0.246. The number of fused-ring (bicyclic) bond motifs is 5. The molecular weight excluding hydrogens is 728 g/mol. The van der Waals surface area contributed by atoms with Crippen LogP contribution in [0.3, 0.4) is 0 Å². The molecule has 14 heteroatoms. The molecule has 56 heavy (non-hydrogen) atoms. The van der Waals surface area contributed by atoms with Crippen molar-refractivity contribution >= 4 is 0 Å². The van der Waals surface area contributed by atoms with Crippen molar-refractivity contribution in [3.8, 4) is 0 Å². The SMILES string of the molecule is C[C@@H]1O[C@@H](O[C@H]2[C@H](O[C@H]3C[C@]4(C)[C@H](C[C@@H](O)[C@@H]5[C@@H]([C@]6(C)CC[C@@H](C(C)(C)O)O6)CC[C@]54C)[C@@]4(C)CC[C@H](O)C(C)(C)[C@@H]34)O[C@H](CO)[C@@H](O)[C@@H]2O)[C@H](O)[C@H](O)[C@H]1O. The molecule has 0 unspecified atom stereocenters. The highest BCUT2D eigenvalue weighted by Crippen LogP contribution is 2.76. The Balaban J connectivity index is 1.26. The third kappa shape index (κ3) is 6.49. The van der Waals surface area contributed by atoms with Gasteiger partial charge in [0.15, 0.2) is 12.6 Å². The molecule has 0 spiro atoms. The van der Waals surface area contributed by atoms with Crippen molar-refractivity contribution in [3.63, 3.8) is 0 Å². The van der Waals surface area contributed by atoms with Crippen LogP contribution in [0.4, 0.5) is 0 Å². The first-order valence-corrected chi connectivity index (χ1v) is 21.2. The summed E-state index contributed by atoms with van der Waals surface area (Å²) in [6.45, 7) is 17.6. The van der Waals surface area contributed by atoms with Gasteiger partial charge in [0, 0.05) is 0 Å². The standard InChI is InChI=1S/C42H72O14/c1-19-28(46)30(48)32(50)35(52-19)55-33-31(49)29(47)23(18-43)54-36(33)53-22-17-41(8)24(39(6)13-11-25(45)37(2,3)34(22)39)16-21(44)27-20(10-14-40(27,41)7)42(9)15-12-26(56-42)38(4,5)51/h19-36,43-51H,10-18H2,1-9H3/t19-,20-,21+,22-,23+,24+,25-,26-,27-,28-,29+,30+,31-,32+,33+,34+,35-,36+,39+,40+,41+,42-/m0/s1. The van der Waals surface area contributed by atoms with Gasteiger partial charge in [-0.25, -0.2) is 0 Å². The fraction of sp³-hybridized carbons (Fsp3) is 1.00. The first kappa shape index (κ1) is 43.5. The van der Waals surface area contributed by atoms with E-state index in [-0.39, 0.29) is 35.2 Å². The second kappa shape index (κ2) is 14.5. The van der Waals surface area contributed by atoms with E-state index in [2.05, 4.69) is 41.5 Å². The third-order valence-corrected chi connectivity index (χ3v) is 17.3. The smallest absolute Gasteiger partial charge is 0.187 e. The van der Waals surface area contributed by atoms with Gasteiger partial charge in [-0.2, -0.15) is 0 Å². The number of aliphatic hydroxyl groups excluding tert-OH is 8. The van der Waals surface area contributed by atoms with Gasteiger partial charge in [0.05, 0.1) is 48.3 Å². The van der Waals surface area contributed by atoms with E-state index in [1.54, 1.807) is 13.8 Å². The largest absolute Gasteiger partial charge is 0.394 e. The molecular formula is C42H72O14. The highest BCUT2D eigenvalue weighted by molar-refractivity contribution is 5.22. The summed E-state index contributed by atoms with van der Waals surface area (Å²) in [5, 5.41) is 99.5. The number of aliphatic hydroxyl groups is 9. The van der Waals surface area contributed by atoms with Gasteiger partial charge in [-0.15, -0.1) is 0 Å². The summed E-state index contributed by atoms with van der Waals surface area (Å²) in [5.41, 5.74) is -3.36. The summed E-state index contributed by atoms with van der Waals surface area (Å²) >= 11 is 0. The van der Waals surface area contributed by atoms with Crippen LogP contribution in [0.1, 0.15) is 114 Å². The van der Waals surface area contributed by atoms with E-state index >= 15 is 0 Å². The zero-order chi connectivity index (χ0) is 41.3. The molecule has 0 radical (unpaired) electrons. The molecule has 0 aromatic rings. The maximum atomic E-state index is 12.4. The van der Waals surface area contributed by atoms with E-state index in [1.165, 1.54) is 6.92 Å². The van der Waals surface area contributed by atoms with Crippen molar-refractivity contribution in [2.75, 3.05) is 6.61 Å². The first-order valence-electron chi connectivity index (χ1n) is 21.2. The Kier molecular flexibility index (Phi) is 11.3. The van der Waals surface area contributed by atoms with Gasteiger partial charge in [0.25, 0.3) is 0 Å². The number of hydrogen-bond acceptors (Lipinski definition) is 14. The minimum absolute atomic E-state index is 0.0557. The highest BCUT2D eigenvalue weighted by atomic mass is 16.8. The van der Waals surface area contributed by atoms with Crippen molar-refractivity contribution in [2.24, 2.45) is 45.3 Å². The summed E-state index contributed by atoms with van der Waals surface area (Å²) < 4.78 is 32.0. The maximum Gasteiger partial charge on any atom is 0.187 e. The lowest BCUT2D eigenvalue weighted by molar-refractivity contribution is -0.382. The normalized spacial score (nSPS) is 57.3. The topological polar surface area (TPSA) is 228 Å². The van der Waals surface area contributed by atoms with Gasteiger partial charge in [-0.3, -0.25) is 0 Å². The van der Waals surface area contributed by atoms with E-state index in [4.69, 9.17) is 23.7 Å². The van der Waals surface area contributed by atoms with Gasteiger partial charge in [-0.1, -0.05) is 34.6 Å². The van der Waals surface area contributed by atoms with Crippen LogP contribution in [0.15, 0.2) is 0 Å². The van der Waals surface area contributed by atoms with E-state index in [1.807, 2.05) is 0 Å². The van der Waals surface area contributed by atoms with Crippen LogP contribution in [0, 0.1) is 45.3 Å². The molecule has 3 saturated heterocycles. The minimum Gasteiger partial charge on any atom is -0.394 e. The second-order valence-electron chi connectivity index (χ2n) is 21.2. The minimum atomic E-state index is -1.70. The van der Waals surface area contributed by atoms with Crippen molar-refractivity contribution < 1.29 is 69.6 Å². The van der Waals surface area contributed by atoms with Crippen LogP contribution in [0.25, 0.3) is 0 Å². The molecule has 0 bridgehead atoms. The monoisotopic (exact) mass is 800 g/mol. The summed E-state index contributed by atoms with van der Waals surface area (Å²) in [6, 6.07) is 0. The predicted octanol–water partition coefficient (Wildman–Crippen LogP) is 1.36. The molecule has 0 amide bonds. The highest BCUT2D eigenvalue weighted by Gasteiger charge is 2.74. The lowest BCUT2D eigenvalue weighted by atomic mass is 9.34. The average Bonchev–Trinajstić information content (AvgIpc) is 3.71. The molecule has 7 rings (SSSR count). The molecule has 0 aromatic heterocycles. The van der Waals surface area contributed by atoms with Crippen LogP contribution in [-0.4, -0.2) is 150 Å². The van der Waals surface area contributed by atoms with Gasteiger partial charge < -0.3 is 69.6 Å². The summed E-state index contributed by atoms with van der Waals surface area (Å²) in [4.78, 5) is 0. The first-order chi connectivity index (χ1) is 25.9. The van der Waals surface area contributed by atoms with Crippen molar-refractivity contribution in [3.05, 3.63) is 0 Å². The van der Waals surface area contributed by atoms with Crippen LogP contribution >= 0.6 is 0 Å². The predicted molar refractivity (Wildman–Crippen MR) is 200 cm³/mol. The molecule has 324 valence electrons. The Bertz CT molecular complexity index is 1430. The van der Waals surface area contributed by atoms with E-state index in [0.29, 0.717) is 25.7 Å². The Labute approximate surface area is 331 Å². The number of hydrogen-bond donors (Lipinski definition) is 9. The van der Waals surface area contributed by atoms with Gasteiger partial charge in [0.1, 0.15) is 42.7 Å². The zero-order valence-corrected chi connectivity index (χ0v) is 34.8. The lowest BCUT2D eigenvalue weighted by Gasteiger charge is -2.72. The van der Waals surface area contributed by atoms with Crippen LogP contribution in [-0.2, 0) is 23.7 Å². The molecule has 7 aliphatic rings. The maximum absolute atomic E-state index is 12.4. The Hall–Kier alpha value is -0.560. The lowest BCUT2D eigenvalue weighted by Crippen LogP contribution is -2.71. The molecule has 3 heterocycles. The van der Waals surface area contributed by atoms with Gasteiger partial charge >= 0.3 is 0 Å². The fourth-order valence-electron chi connectivity index (χ4n) is 14.1. The van der Waals surface area contributed by atoms with E-state index in [0.717, 1.165) is 25.7 Å². The number of rotatable bonds is 7. The van der Waals surface area contributed by atoms with Crippen LogP contribution in [0.2, 0.25) is 0 Å². The zero-order valence-electron chi connectivity index (χ0n) is 34.8. The fourth-order valence-corrected chi connectivity index (χ4v) is 14.1. The molecule has 3 aliphatic heterocycles. The molecule has 4 saturated carbocycles. The average molecular weight is 801 g/mol. The van der Waals surface area contributed by atoms with Crippen molar-refractivity contribution in [1.29, 1.82) is 0 Å². The van der Waals surface area contributed by atoms with E-state index < -0.39 is 114 Å². The molecule has 4 aliphatic carbocycles. The quantitative estimate of drug-likeness (QED) is 0.166. The summed E-state index contributed by atoms with van der Waals surface area (Å²) in [7, 11) is 0. The van der Waals surface area contributed by atoms with Crippen LogP contribution < -0.4 is 0 Å². The molecule has 9 N–H and O–H groups in total. The Morgan fingerprint density at radius 3 is 2.04 bits per heavy atom. The molecule has 14 nitrogen and oxygen atoms in total. The van der Waals surface area contributed by atoms with Gasteiger partial charge in [-0.05, 0) is 124 Å². The van der Waals surface area contributed by atoms with Crippen molar-refractivity contribution in [2.45, 2.75) is 211 Å². The van der Waals surface area contributed by atoms with E-state index in [9.17, 15) is 46.0 Å². The molecule has 7 fully saturated rings. The molecule has 22 atom stereocenters. The third-order valence-electron chi connectivity index (χ3n) is 17.3. The van der Waals surface area contributed by atoms with Gasteiger partial charge in [0.2, 0.25) is 0 Å². The second-order valence-corrected chi connectivity index (χ2v) is 21.2. The molecule has 0 aromatic carbocycles. The van der Waals surface area contributed by atoms with Crippen molar-refractivity contribution in [1.82, 2.24) is 0 Å². The van der Waals surface area contributed by atoms with Crippen LogP contribution in [0.5, 0.6) is 0 Å². The Morgan fingerprint density at radius 2 is 1.41 bits per heavy atom. The Morgan fingerprint density at radius 1 is 0.732 bits per heavy atom. The summed E-state index contributed by atoms with van der Waals surface area (Å²) in [6.07, 6.45) is -11.0. The number of ether oxygens (including phenoxy) is 5.